The summed E-state index contributed by atoms with van der Waals surface area (Å²) in [5.74, 6) is 0. The molecule has 1 aliphatic rings. The molecule has 2 N–H and O–H groups in total. The van der Waals surface area contributed by atoms with Gasteiger partial charge >= 0.3 is 6.09 Å². The lowest BCUT2D eigenvalue weighted by Crippen LogP contribution is -2.87. The molecule has 1 heterocycles. The maximum atomic E-state index is 11.7. The molecular weight excluding hydrogens is 192 g/mol. The highest BCUT2D eigenvalue weighted by Gasteiger charge is 2.27. The van der Waals surface area contributed by atoms with Gasteiger partial charge in [0.1, 0.15) is 5.60 Å². The first-order chi connectivity index (χ1) is 6.92. The van der Waals surface area contributed by atoms with Crippen LogP contribution >= 0.6 is 0 Å². The van der Waals surface area contributed by atoms with Gasteiger partial charge in [0.25, 0.3) is 0 Å². The molecule has 1 aliphatic heterocycles. The number of nitrogens with zero attached hydrogens (tertiary/aromatic N) is 1. The summed E-state index contributed by atoms with van der Waals surface area (Å²) in [6.07, 6.45) is 1.96. The molecular formula is C11H23N2O2+. The van der Waals surface area contributed by atoms with Gasteiger partial charge in [0.2, 0.25) is 0 Å². The third-order valence-corrected chi connectivity index (χ3v) is 2.66. The van der Waals surface area contributed by atoms with Gasteiger partial charge < -0.3 is 15.0 Å². The van der Waals surface area contributed by atoms with Gasteiger partial charge in [-0.25, -0.2) is 4.79 Å². The molecule has 1 saturated heterocycles. The number of nitrogens with two attached hydrogens (primary N) is 1. The highest BCUT2D eigenvalue weighted by atomic mass is 16.6. The highest BCUT2D eigenvalue weighted by Crippen LogP contribution is 2.13. The standard InChI is InChI=1S/C11H22N2O2/c1-11(2,3)15-10(14)13-7-5-9(12-4)6-8-13/h9,12H,5-8H2,1-4H3/p+1. The van der Waals surface area contributed by atoms with Crippen LogP contribution in [0.5, 0.6) is 0 Å². The van der Waals surface area contributed by atoms with Crippen molar-refractivity contribution >= 4 is 6.09 Å². The normalized spacial score (nSPS) is 19.1. The van der Waals surface area contributed by atoms with E-state index in [2.05, 4.69) is 12.4 Å². The summed E-state index contributed by atoms with van der Waals surface area (Å²) >= 11 is 0. The van der Waals surface area contributed by atoms with E-state index in [4.69, 9.17) is 4.74 Å². The van der Waals surface area contributed by atoms with Crippen LogP contribution in [0.15, 0.2) is 0 Å². The maximum Gasteiger partial charge on any atom is 0.410 e. The van der Waals surface area contributed by atoms with E-state index in [1.54, 1.807) is 0 Å². The molecule has 0 bridgehead atoms. The van der Waals surface area contributed by atoms with E-state index in [9.17, 15) is 4.79 Å². The molecule has 4 nitrogen and oxygen atoms in total. The summed E-state index contributed by atoms with van der Waals surface area (Å²) in [5, 5.41) is 2.23. The van der Waals surface area contributed by atoms with Crippen molar-refractivity contribution < 1.29 is 14.8 Å². The second-order valence-electron chi connectivity index (χ2n) is 5.14. The lowest BCUT2D eigenvalue weighted by molar-refractivity contribution is -0.666. The molecule has 1 fully saturated rings. The summed E-state index contributed by atoms with van der Waals surface area (Å²) < 4.78 is 5.32. The molecule has 0 aromatic carbocycles. The summed E-state index contributed by atoms with van der Waals surface area (Å²) in [5.41, 5.74) is -0.384. The van der Waals surface area contributed by atoms with Crippen molar-refractivity contribution in [2.24, 2.45) is 0 Å². The Kier molecular flexibility index (Phi) is 3.97. The number of amides is 1. The van der Waals surface area contributed by atoms with Crippen molar-refractivity contribution in [3.63, 3.8) is 0 Å². The first-order valence-corrected chi connectivity index (χ1v) is 5.70. The first kappa shape index (κ1) is 12.3. The van der Waals surface area contributed by atoms with Crippen LogP contribution in [0.25, 0.3) is 0 Å². The largest absolute Gasteiger partial charge is 0.444 e. The van der Waals surface area contributed by atoms with Gasteiger partial charge in [0.05, 0.1) is 13.1 Å². The monoisotopic (exact) mass is 215 g/mol. The van der Waals surface area contributed by atoms with E-state index in [0.717, 1.165) is 25.9 Å². The van der Waals surface area contributed by atoms with Crippen LogP contribution in [0.4, 0.5) is 4.79 Å². The number of ether oxygens (including phenoxy) is 1. The Balaban J connectivity index is 2.37. The number of quaternary nitrogens is 1. The van der Waals surface area contributed by atoms with Crippen LogP contribution in [-0.4, -0.2) is 42.8 Å². The molecule has 88 valence electrons. The van der Waals surface area contributed by atoms with Crippen molar-refractivity contribution in [3.8, 4) is 0 Å². The number of likely N-dealkylation sites (tertiary alicyclic amines) is 1. The molecule has 0 aromatic rings. The lowest BCUT2D eigenvalue weighted by Gasteiger charge is -2.31. The number of hydrogen-bond donors (Lipinski definition) is 1. The lowest BCUT2D eigenvalue weighted by atomic mass is 10.1. The number of rotatable bonds is 1. The van der Waals surface area contributed by atoms with Crippen molar-refractivity contribution in [3.05, 3.63) is 0 Å². The molecule has 0 spiro atoms. The van der Waals surface area contributed by atoms with Gasteiger partial charge in [-0.2, -0.15) is 0 Å². The zero-order valence-corrected chi connectivity index (χ0v) is 10.2. The average molecular weight is 215 g/mol. The Morgan fingerprint density at radius 2 is 1.87 bits per heavy atom. The van der Waals surface area contributed by atoms with Crippen LogP contribution in [-0.2, 0) is 4.74 Å². The molecule has 0 aromatic heterocycles. The van der Waals surface area contributed by atoms with Gasteiger partial charge in [-0.05, 0) is 20.8 Å². The summed E-state index contributed by atoms with van der Waals surface area (Å²) in [6.45, 7) is 7.35. The van der Waals surface area contributed by atoms with Gasteiger partial charge in [0, 0.05) is 25.9 Å². The van der Waals surface area contributed by atoms with Crippen LogP contribution in [0, 0.1) is 0 Å². The fraction of sp³-hybridized carbons (Fsp3) is 0.909. The Morgan fingerprint density at radius 1 is 1.33 bits per heavy atom. The molecule has 0 unspecified atom stereocenters. The second kappa shape index (κ2) is 4.84. The summed E-state index contributed by atoms with van der Waals surface area (Å²) in [4.78, 5) is 13.5. The van der Waals surface area contributed by atoms with E-state index in [0.29, 0.717) is 6.04 Å². The second-order valence-corrected chi connectivity index (χ2v) is 5.14. The fourth-order valence-corrected chi connectivity index (χ4v) is 1.74. The Labute approximate surface area is 92.0 Å². The van der Waals surface area contributed by atoms with Crippen molar-refractivity contribution in [2.75, 3.05) is 20.1 Å². The van der Waals surface area contributed by atoms with E-state index in [1.165, 1.54) is 0 Å². The van der Waals surface area contributed by atoms with Crippen molar-refractivity contribution in [1.82, 2.24) is 4.90 Å². The molecule has 1 rings (SSSR count). The van der Waals surface area contributed by atoms with Crippen LogP contribution in [0.1, 0.15) is 33.6 Å². The highest BCUT2D eigenvalue weighted by molar-refractivity contribution is 5.68. The van der Waals surface area contributed by atoms with E-state index in [-0.39, 0.29) is 11.7 Å². The maximum absolute atomic E-state index is 11.7. The van der Waals surface area contributed by atoms with Crippen LogP contribution < -0.4 is 5.32 Å². The Hall–Kier alpha value is -0.770. The first-order valence-electron chi connectivity index (χ1n) is 5.70. The SMILES string of the molecule is C[NH2+]C1CCN(C(=O)OC(C)(C)C)CC1. The van der Waals surface area contributed by atoms with Gasteiger partial charge in [-0.15, -0.1) is 0 Å². The van der Waals surface area contributed by atoms with Crippen LogP contribution in [0.3, 0.4) is 0 Å². The van der Waals surface area contributed by atoms with E-state index in [1.807, 2.05) is 25.7 Å². The number of carbonyl (C=O) groups excluding carboxylic acids is 1. The molecule has 1 amide bonds. The molecule has 0 aliphatic carbocycles. The third kappa shape index (κ3) is 4.08. The predicted molar refractivity (Wildman–Crippen MR) is 58.7 cm³/mol. The third-order valence-electron chi connectivity index (χ3n) is 2.66. The number of carbonyl (C=O) groups is 1. The quantitative estimate of drug-likeness (QED) is 0.695. The zero-order valence-electron chi connectivity index (χ0n) is 10.2. The minimum Gasteiger partial charge on any atom is -0.444 e. The van der Waals surface area contributed by atoms with Gasteiger partial charge in [-0.3, -0.25) is 0 Å². The van der Waals surface area contributed by atoms with Gasteiger partial charge in [-0.1, -0.05) is 0 Å². The average Bonchev–Trinajstić information content (AvgIpc) is 2.15. The smallest absolute Gasteiger partial charge is 0.410 e. The molecule has 4 heteroatoms. The Morgan fingerprint density at radius 3 is 2.27 bits per heavy atom. The molecule has 0 atom stereocenters. The number of hydrogen-bond acceptors (Lipinski definition) is 2. The summed E-state index contributed by atoms with van der Waals surface area (Å²) in [7, 11) is 2.09. The molecule has 0 saturated carbocycles. The van der Waals surface area contributed by atoms with E-state index < -0.39 is 0 Å². The zero-order chi connectivity index (χ0) is 11.5. The summed E-state index contributed by atoms with van der Waals surface area (Å²) in [6, 6.07) is 0.670. The predicted octanol–water partition coefficient (Wildman–Crippen LogP) is 0.579. The minimum atomic E-state index is -0.384. The Bertz CT molecular complexity index is 215. The van der Waals surface area contributed by atoms with Gasteiger partial charge in [0.15, 0.2) is 0 Å². The topological polar surface area (TPSA) is 46.2 Å². The van der Waals surface area contributed by atoms with Crippen LogP contribution in [0.2, 0.25) is 0 Å². The minimum absolute atomic E-state index is 0.169. The molecule has 0 radical (unpaired) electrons. The van der Waals surface area contributed by atoms with Crippen molar-refractivity contribution in [1.29, 1.82) is 0 Å². The van der Waals surface area contributed by atoms with E-state index >= 15 is 0 Å². The molecule has 15 heavy (non-hydrogen) atoms. The van der Waals surface area contributed by atoms with Crippen molar-refractivity contribution in [2.45, 2.75) is 45.3 Å². The number of piperidine rings is 1. The fourth-order valence-electron chi connectivity index (χ4n) is 1.74.